The molecule has 0 aliphatic rings. The highest BCUT2D eigenvalue weighted by Crippen LogP contribution is 2.31. The van der Waals surface area contributed by atoms with E-state index >= 15 is 0 Å². The van der Waals surface area contributed by atoms with Gasteiger partial charge in [-0.25, -0.2) is 0 Å². The molecule has 0 aromatic heterocycles. The van der Waals surface area contributed by atoms with Crippen molar-refractivity contribution in [3.63, 3.8) is 0 Å². The summed E-state index contributed by atoms with van der Waals surface area (Å²) in [6, 6.07) is 10.0. The van der Waals surface area contributed by atoms with Crippen LogP contribution in [-0.4, -0.2) is 0 Å². The van der Waals surface area contributed by atoms with Crippen LogP contribution in [0.1, 0.15) is 16.7 Å². The number of rotatable bonds is 2. The maximum atomic E-state index is 6.20. The van der Waals surface area contributed by atoms with E-state index in [4.69, 9.17) is 28.9 Å². The van der Waals surface area contributed by atoms with E-state index in [1.165, 1.54) is 0 Å². The smallest absolute Gasteiger partial charge is 0.0457 e. The summed E-state index contributed by atoms with van der Waals surface area (Å²) in [5.41, 5.74) is 11.0. The van der Waals surface area contributed by atoms with Crippen molar-refractivity contribution in [3.05, 3.63) is 57.1 Å². The molecular weight excluding hydrogens is 265 g/mol. The fourth-order valence-electron chi connectivity index (χ4n) is 1.97. The fraction of sp³-hybridized carbons (Fsp3) is 0.200. The Labute approximate surface area is 118 Å². The van der Waals surface area contributed by atoms with E-state index in [2.05, 4.69) is 6.07 Å². The third-order valence-corrected chi connectivity index (χ3v) is 3.85. The third-order valence-electron chi connectivity index (χ3n) is 3.09. The SMILES string of the molecule is Cc1cc(-c2ccc(CN)c(Cl)c2)c(C)cc1Cl. The quantitative estimate of drug-likeness (QED) is 0.845. The molecule has 0 spiro atoms. The molecule has 2 rings (SSSR count). The number of aryl methyl sites for hydroxylation is 2. The number of halogens is 2. The van der Waals surface area contributed by atoms with Gasteiger partial charge in [0.2, 0.25) is 0 Å². The Balaban J connectivity index is 2.55. The number of hydrogen-bond donors (Lipinski definition) is 1. The van der Waals surface area contributed by atoms with Gasteiger partial charge in [-0.2, -0.15) is 0 Å². The molecular formula is C15H15Cl2N. The van der Waals surface area contributed by atoms with E-state index < -0.39 is 0 Å². The van der Waals surface area contributed by atoms with Crippen molar-refractivity contribution in [1.82, 2.24) is 0 Å². The normalized spacial score (nSPS) is 10.7. The molecule has 0 saturated heterocycles. The van der Waals surface area contributed by atoms with Gasteiger partial charge in [-0.05, 0) is 59.9 Å². The predicted octanol–water partition coefficient (Wildman–Crippen LogP) is 4.74. The molecule has 3 heteroatoms. The maximum Gasteiger partial charge on any atom is 0.0457 e. The Kier molecular flexibility index (Phi) is 3.96. The largest absolute Gasteiger partial charge is 0.326 e. The summed E-state index contributed by atoms with van der Waals surface area (Å²) in [5.74, 6) is 0. The van der Waals surface area contributed by atoms with E-state index in [-0.39, 0.29) is 0 Å². The molecule has 2 aromatic rings. The summed E-state index contributed by atoms with van der Waals surface area (Å²) in [6.07, 6.45) is 0. The Morgan fingerprint density at radius 3 is 2.28 bits per heavy atom. The molecule has 0 aliphatic heterocycles. The summed E-state index contributed by atoms with van der Waals surface area (Å²) in [5, 5.41) is 1.50. The number of nitrogens with two attached hydrogens (primary N) is 1. The first-order valence-electron chi connectivity index (χ1n) is 5.78. The van der Waals surface area contributed by atoms with Gasteiger partial charge < -0.3 is 5.73 Å². The van der Waals surface area contributed by atoms with Gasteiger partial charge in [-0.1, -0.05) is 35.3 Å². The third kappa shape index (κ3) is 2.54. The van der Waals surface area contributed by atoms with E-state index in [0.717, 1.165) is 32.8 Å². The topological polar surface area (TPSA) is 26.0 Å². The van der Waals surface area contributed by atoms with Crippen LogP contribution in [-0.2, 0) is 6.54 Å². The molecule has 0 radical (unpaired) electrons. The lowest BCUT2D eigenvalue weighted by molar-refractivity contribution is 1.07. The van der Waals surface area contributed by atoms with Crippen LogP contribution in [0, 0.1) is 13.8 Å². The van der Waals surface area contributed by atoms with Crippen LogP contribution in [0.25, 0.3) is 11.1 Å². The van der Waals surface area contributed by atoms with Gasteiger partial charge >= 0.3 is 0 Å². The van der Waals surface area contributed by atoms with Crippen molar-refractivity contribution >= 4 is 23.2 Å². The molecule has 2 aromatic carbocycles. The van der Waals surface area contributed by atoms with Crippen LogP contribution < -0.4 is 5.73 Å². The summed E-state index contributed by atoms with van der Waals surface area (Å²) in [7, 11) is 0. The molecule has 18 heavy (non-hydrogen) atoms. The average Bonchev–Trinajstić information content (AvgIpc) is 2.33. The molecule has 1 nitrogen and oxygen atoms in total. The summed E-state index contributed by atoms with van der Waals surface area (Å²) in [4.78, 5) is 0. The lowest BCUT2D eigenvalue weighted by Gasteiger charge is -2.11. The zero-order valence-electron chi connectivity index (χ0n) is 10.4. The lowest BCUT2D eigenvalue weighted by Crippen LogP contribution is -1.97. The summed E-state index contributed by atoms with van der Waals surface area (Å²) in [6.45, 7) is 4.50. The summed E-state index contributed by atoms with van der Waals surface area (Å²) >= 11 is 12.3. The maximum absolute atomic E-state index is 6.20. The van der Waals surface area contributed by atoms with E-state index in [1.54, 1.807) is 0 Å². The first-order chi connectivity index (χ1) is 8.52. The van der Waals surface area contributed by atoms with Crippen LogP contribution in [0.2, 0.25) is 10.0 Å². The second-order valence-corrected chi connectivity index (χ2v) is 5.24. The average molecular weight is 280 g/mol. The highest BCUT2D eigenvalue weighted by molar-refractivity contribution is 6.32. The first-order valence-corrected chi connectivity index (χ1v) is 6.54. The molecule has 0 unspecified atom stereocenters. The van der Waals surface area contributed by atoms with Crippen molar-refractivity contribution in [2.24, 2.45) is 5.73 Å². The van der Waals surface area contributed by atoms with Crippen molar-refractivity contribution < 1.29 is 0 Å². The second kappa shape index (κ2) is 5.31. The lowest BCUT2D eigenvalue weighted by atomic mass is 9.97. The van der Waals surface area contributed by atoms with Gasteiger partial charge in [0.25, 0.3) is 0 Å². The second-order valence-electron chi connectivity index (χ2n) is 4.43. The van der Waals surface area contributed by atoms with Gasteiger partial charge in [0.15, 0.2) is 0 Å². The van der Waals surface area contributed by atoms with Gasteiger partial charge in [0, 0.05) is 16.6 Å². The molecule has 94 valence electrons. The Bertz CT molecular complexity index is 591. The Hall–Kier alpha value is -1.02. The van der Waals surface area contributed by atoms with E-state index in [0.29, 0.717) is 11.6 Å². The zero-order valence-corrected chi connectivity index (χ0v) is 11.9. The van der Waals surface area contributed by atoms with Gasteiger partial charge in [0.1, 0.15) is 0 Å². The van der Waals surface area contributed by atoms with E-state index in [9.17, 15) is 0 Å². The molecule has 0 saturated carbocycles. The van der Waals surface area contributed by atoms with Crippen LogP contribution in [0.4, 0.5) is 0 Å². The highest BCUT2D eigenvalue weighted by Gasteiger charge is 2.07. The van der Waals surface area contributed by atoms with Gasteiger partial charge in [-0.3, -0.25) is 0 Å². The van der Waals surface area contributed by atoms with Crippen molar-refractivity contribution in [1.29, 1.82) is 0 Å². The number of benzene rings is 2. The minimum absolute atomic E-state index is 0.456. The molecule has 0 heterocycles. The molecule has 0 atom stereocenters. The van der Waals surface area contributed by atoms with Crippen molar-refractivity contribution in [3.8, 4) is 11.1 Å². The standard InChI is InChI=1S/C15H15Cl2N/c1-9-6-14(16)10(2)5-13(9)11-3-4-12(8-18)15(17)7-11/h3-7H,8,18H2,1-2H3. The molecule has 0 bridgehead atoms. The highest BCUT2D eigenvalue weighted by atomic mass is 35.5. The monoisotopic (exact) mass is 279 g/mol. The molecule has 2 N–H and O–H groups in total. The molecule has 0 amide bonds. The predicted molar refractivity (Wildman–Crippen MR) is 79.3 cm³/mol. The Morgan fingerprint density at radius 2 is 1.67 bits per heavy atom. The van der Waals surface area contributed by atoms with E-state index in [1.807, 2.05) is 38.1 Å². The zero-order chi connectivity index (χ0) is 13.3. The van der Waals surface area contributed by atoms with Gasteiger partial charge in [0.05, 0.1) is 0 Å². The van der Waals surface area contributed by atoms with Crippen LogP contribution >= 0.6 is 23.2 Å². The minimum atomic E-state index is 0.456. The van der Waals surface area contributed by atoms with Crippen LogP contribution in [0.5, 0.6) is 0 Å². The molecule has 0 aliphatic carbocycles. The van der Waals surface area contributed by atoms with Gasteiger partial charge in [-0.15, -0.1) is 0 Å². The first kappa shape index (κ1) is 13.4. The van der Waals surface area contributed by atoms with Crippen LogP contribution in [0.15, 0.2) is 30.3 Å². The van der Waals surface area contributed by atoms with Crippen molar-refractivity contribution in [2.75, 3.05) is 0 Å². The summed E-state index contributed by atoms with van der Waals surface area (Å²) < 4.78 is 0. The minimum Gasteiger partial charge on any atom is -0.326 e. The van der Waals surface area contributed by atoms with Crippen molar-refractivity contribution in [2.45, 2.75) is 20.4 Å². The van der Waals surface area contributed by atoms with Crippen LogP contribution in [0.3, 0.4) is 0 Å². The fourth-order valence-corrected chi connectivity index (χ4v) is 2.45. The number of hydrogen-bond acceptors (Lipinski definition) is 1. The molecule has 0 fully saturated rings. The Morgan fingerprint density at radius 1 is 0.944 bits per heavy atom.